The van der Waals surface area contributed by atoms with Crippen LogP contribution in [0.1, 0.15) is 51.0 Å². The Morgan fingerprint density at radius 3 is 2.37 bits per heavy atom. The van der Waals surface area contributed by atoms with Gasteiger partial charge < -0.3 is 9.64 Å². The molecule has 0 saturated carbocycles. The minimum Gasteiger partial charge on any atom is -0.444 e. The molecular formula is C19H26FN5O2. The number of aromatic nitrogens is 4. The fourth-order valence-electron chi connectivity index (χ4n) is 3.39. The zero-order valence-electron chi connectivity index (χ0n) is 16.2. The van der Waals surface area contributed by atoms with Gasteiger partial charge in [-0.1, -0.05) is 12.1 Å². The molecule has 0 N–H and O–H groups in total. The second-order valence-corrected chi connectivity index (χ2v) is 7.96. The van der Waals surface area contributed by atoms with Gasteiger partial charge in [0.15, 0.2) is 5.82 Å². The van der Waals surface area contributed by atoms with E-state index in [1.165, 1.54) is 12.1 Å². The highest BCUT2D eigenvalue weighted by Crippen LogP contribution is 2.33. The Kier molecular flexibility index (Phi) is 5.43. The van der Waals surface area contributed by atoms with Crippen LogP contribution >= 0.6 is 0 Å². The minimum atomic E-state index is -0.507. The van der Waals surface area contributed by atoms with E-state index in [1.54, 1.807) is 28.8 Å². The summed E-state index contributed by atoms with van der Waals surface area (Å²) in [4.78, 5) is 15.6. The number of nitrogens with zero attached hydrogens (tertiary/aromatic N) is 5. The molecule has 1 amide bonds. The first-order valence-electron chi connectivity index (χ1n) is 9.22. The number of carbonyl (C=O) groups excluding carboxylic acids is 1. The molecule has 1 unspecified atom stereocenters. The maximum absolute atomic E-state index is 13.4. The number of aryl methyl sites for hydroxylation is 1. The summed E-state index contributed by atoms with van der Waals surface area (Å²) in [7, 11) is 0. The van der Waals surface area contributed by atoms with Gasteiger partial charge in [-0.05, 0) is 69.4 Å². The van der Waals surface area contributed by atoms with E-state index in [0.29, 0.717) is 18.9 Å². The summed E-state index contributed by atoms with van der Waals surface area (Å²) < 4.78 is 18.8. The molecule has 1 aliphatic heterocycles. The number of amides is 1. The molecule has 1 saturated heterocycles. The van der Waals surface area contributed by atoms with Crippen molar-refractivity contribution >= 4 is 6.09 Å². The molecule has 27 heavy (non-hydrogen) atoms. The number of tetrazole rings is 1. The number of ether oxygens (including phenoxy) is 1. The van der Waals surface area contributed by atoms with Crippen LogP contribution in [0.5, 0.6) is 0 Å². The van der Waals surface area contributed by atoms with Gasteiger partial charge in [-0.15, -0.1) is 10.2 Å². The topological polar surface area (TPSA) is 73.1 Å². The molecule has 0 spiro atoms. The smallest absolute Gasteiger partial charge is 0.410 e. The normalized spacial score (nSPS) is 17.0. The average Bonchev–Trinajstić information content (AvgIpc) is 3.02. The van der Waals surface area contributed by atoms with Gasteiger partial charge >= 0.3 is 6.09 Å². The number of hydrogen-bond acceptors (Lipinski definition) is 5. The number of carbonyl (C=O) groups is 1. The van der Waals surface area contributed by atoms with Crippen molar-refractivity contribution in [2.45, 2.75) is 52.2 Å². The molecule has 0 bridgehead atoms. The fraction of sp³-hybridized carbons (Fsp3) is 0.579. The Morgan fingerprint density at radius 2 is 1.85 bits per heavy atom. The van der Waals surface area contributed by atoms with Gasteiger partial charge in [-0.2, -0.15) is 4.80 Å². The molecule has 0 aliphatic carbocycles. The third kappa shape index (κ3) is 4.81. The summed E-state index contributed by atoms with van der Waals surface area (Å²) in [5.74, 6) is 0.524. The van der Waals surface area contributed by atoms with Crippen LogP contribution in [0, 0.1) is 18.7 Å². The van der Waals surface area contributed by atoms with Crippen LogP contribution in [0.4, 0.5) is 9.18 Å². The maximum atomic E-state index is 13.4. The van der Waals surface area contributed by atoms with Crippen LogP contribution in [0.2, 0.25) is 0 Å². The van der Waals surface area contributed by atoms with Gasteiger partial charge in [0.2, 0.25) is 0 Å². The lowest BCUT2D eigenvalue weighted by atomic mass is 9.85. The summed E-state index contributed by atoms with van der Waals surface area (Å²) in [6, 6.07) is 6.27. The Bertz CT molecular complexity index is 776. The molecule has 1 aliphatic rings. The van der Waals surface area contributed by atoms with Crippen molar-refractivity contribution < 1.29 is 13.9 Å². The van der Waals surface area contributed by atoms with Gasteiger partial charge in [0, 0.05) is 13.1 Å². The quantitative estimate of drug-likeness (QED) is 0.822. The third-order valence-electron chi connectivity index (χ3n) is 4.63. The molecule has 0 radical (unpaired) electrons. The molecular weight excluding hydrogens is 349 g/mol. The van der Waals surface area contributed by atoms with E-state index < -0.39 is 5.60 Å². The van der Waals surface area contributed by atoms with Crippen LogP contribution in [0.15, 0.2) is 24.3 Å². The van der Waals surface area contributed by atoms with Gasteiger partial charge in [-0.25, -0.2) is 9.18 Å². The van der Waals surface area contributed by atoms with E-state index >= 15 is 0 Å². The second kappa shape index (κ2) is 7.62. The van der Waals surface area contributed by atoms with E-state index in [4.69, 9.17) is 4.74 Å². The SMILES string of the molecule is Cc1nnn(C(c2ccc(F)cc2)C2CCN(C(=O)OC(C)(C)C)CC2)n1. The first-order chi connectivity index (χ1) is 12.7. The molecule has 2 aromatic rings. The highest BCUT2D eigenvalue weighted by atomic mass is 19.1. The zero-order chi connectivity index (χ0) is 19.6. The Morgan fingerprint density at radius 1 is 1.22 bits per heavy atom. The Hall–Kier alpha value is -2.51. The fourth-order valence-corrected chi connectivity index (χ4v) is 3.39. The van der Waals surface area contributed by atoms with E-state index in [0.717, 1.165) is 18.4 Å². The van der Waals surface area contributed by atoms with Gasteiger partial charge in [-0.3, -0.25) is 0 Å². The molecule has 1 atom stereocenters. The van der Waals surface area contributed by atoms with Crippen LogP contribution in [-0.4, -0.2) is 49.9 Å². The second-order valence-electron chi connectivity index (χ2n) is 7.96. The van der Waals surface area contributed by atoms with E-state index in [2.05, 4.69) is 15.4 Å². The van der Waals surface area contributed by atoms with Gasteiger partial charge in [0.05, 0.1) is 0 Å². The van der Waals surface area contributed by atoms with Crippen molar-refractivity contribution in [3.05, 3.63) is 41.5 Å². The molecule has 1 aromatic heterocycles. The monoisotopic (exact) mass is 375 g/mol. The predicted octanol–water partition coefficient (Wildman–Crippen LogP) is 3.36. The maximum Gasteiger partial charge on any atom is 0.410 e. The van der Waals surface area contributed by atoms with Gasteiger partial charge in [0.25, 0.3) is 0 Å². The third-order valence-corrected chi connectivity index (χ3v) is 4.63. The number of rotatable bonds is 3. The minimum absolute atomic E-state index is 0.146. The molecule has 2 heterocycles. The van der Waals surface area contributed by atoms with Crippen molar-refractivity contribution in [3.8, 4) is 0 Å². The largest absolute Gasteiger partial charge is 0.444 e. The summed E-state index contributed by atoms with van der Waals surface area (Å²) in [6.45, 7) is 8.58. The van der Waals surface area contributed by atoms with Crippen molar-refractivity contribution in [1.82, 2.24) is 25.1 Å². The van der Waals surface area contributed by atoms with Crippen LogP contribution in [0.3, 0.4) is 0 Å². The lowest BCUT2D eigenvalue weighted by Gasteiger charge is -2.36. The summed E-state index contributed by atoms with van der Waals surface area (Å²) in [5, 5.41) is 12.5. The lowest BCUT2D eigenvalue weighted by molar-refractivity contribution is 0.0165. The van der Waals surface area contributed by atoms with Crippen LogP contribution in [-0.2, 0) is 4.74 Å². The predicted molar refractivity (Wildman–Crippen MR) is 97.6 cm³/mol. The van der Waals surface area contributed by atoms with Crippen LogP contribution in [0.25, 0.3) is 0 Å². The summed E-state index contributed by atoms with van der Waals surface area (Å²) in [6.07, 6.45) is 1.28. The van der Waals surface area contributed by atoms with Gasteiger partial charge in [0.1, 0.15) is 17.5 Å². The Balaban J connectivity index is 1.75. The molecule has 1 fully saturated rings. The number of likely N-dealkylation sites (tertiary alicyclic amines) is 1. The van der Waals surface area contributed by atoms with E-state index in [9.17, 15) is 9.18 Å². The molecule has 7 nitrogen and oxygen atoms in total. The first kappa shape index (κ1) is 19.3. The van der Waals surface area contributed by atoms with Crippen molar-refractivity contribution in [1.29, 1.82) is 0 Å². The van der Waals surface area contributed by atoms with Crippen molar-refractivity contribution in [2.24, 2.45) is 5.92 Å². The zero-order valence-corrected chi connectivity index (χ0v) is 16.2. The summed E-state index contributed by atoms with van der Waals surface area (Å²) in [5.41, 5.74) is 0.428. The highest BCUT2D eigenvalue weighted by molar-refractivity contribution is 5.68. The molecule has 8 heteroatoms. The summed E-state index contributed by atoms with van der Waals surface area (Å²) >= 11 is 0. The highest BCUT2D eigenvalue weighted by Gasteiger charge is 2.33. The first-order valence-corrected chi connectivity index (χ1v) is 9.22. The van der Waals surface area contributed by atoms with Crippen molar-refractivity contribution in [3.63, 3.8) is 0 Å². The number of hydrogen-bond donors (Lipinski definition) is 0. The van der Waals surface area contributed by atoms with E-state index in [-0.39, 0.29) is 23.9 Å². The molecule has 1 aromatic carbocycles. The number of piperidine rings is 1. The van der Waals surface area contributed by atoms with Crippen molar-refractivity contribution in [2.75, 3.05) is 13.1 Å². The van der Waals surface area contributed by atoms with Crippen LogP contribution < -0.4 is 0 Å². The molecule has 3 rings (SSSR count). The molecule has 146 valence electrons. The number of benzene rings is 1. The average molecular weight is 375 g/mol. The standard InChI is InChI=1S/C19H26FN5O2/c1-13-21-23-25(22-13)17(14-5-7-16(20)8-6-14)15-9-11-24(12-10-15)18(26)27-19(2,3)4/h5-8,15,17H,9-12H2,1-4H3. The lowest BCUT2D eigenvalue weighted by Crippen LogP contribution is -2.43. The van der Waals surface area contributed by atoms with E-state index in [1.807, 2.05) is 20.8 Å². The Labute approximate surface area is 158 Å². The number of halogens is 1.